The van der Waals surface area contributed by atoms with Crippen LogP contribution in [0.3, 0.4) is 0 Å². The van der Waals surface area contributed by atoms with Gasteiger partial charge in [-0.1, -0.05) is 29.5 Å². The third-order valence-corrected chi connectivity index (χ3v) is 5.01. The summed E-state index contributed by atoms with van der Waals surface area (Å²) >= 11 is 1.26. The lowest BCUT2D eigenvalue weighted by Gasteiger charge is -2.13. The van der Waals surface area contributed by atoms with E-state index in [1.807, 2.05) is 43.3 Å². The number of aromatic nitrogens is 2. The summed E-state index contributed by atoms with van der Waals surface area (Å²) in [5, 5.41) is 14.5. The third kappa shape index (κ3) is 4.52. The van der Waals surface area contributed by atoms with Crippen molar-refractivity contribution in [3.05, 3.63) is 59.7 Å². The molecule has 2 N–H and O–H groups in total. The first kappa shape index (κ1) is 19.5. The predicted molar refractivity (Wildman–Crippen MR) is 109 cm³/mol. The number of carbonyl (C=O) groups excluding carboxylic acids is 2. The smallest absolute Gasteiger partial charge is 0.252 e. The fourth-order valence-electron chi connectivity index (χ4n) is 2.51. The number of carbonyl (C=O) groups is 2. The Morgan fingerprint density at radius 3 is 2.46 bits per heavy atom. The summed E-state index contributed by atoms with van der Waals surface area (Å²) in [5.41, 5.74) is 2.26. The van der Waals surface area contributed by atoms with Gasteiger partial charge in [0.2, 0.25) is 11.0 Å². The van der Waals surface area contributed by atoms with Gasteiger partial charge in [-0.25, -0.2) is 0 Å². The molecule has 1 atom stereocenters. The van der Waals surface area contributed by atoms with Crippen molar-refractivity contribution >= 4 is 28.3 Å². The molecule has 0 aliphatic heterocycles. The molecule has 0 spiro atoms. The van der Waals surface area contributed by atoms with Gasteiger partial charge < -0.3 is 10.1 Å². The number of ether oxygens (including phenoxy) is 1. The van der Waals surface area contributed by atoms with Crippen LogP contribution in [0.15, 0.2) is 48.5 Å². The Bertz CT molecular complexity index is 985. The van der Waals surface area contributed by atoms with Crippen molar-refractivity contribution < 1.29 is 14.3 Å². The fraction of sp³-hybridized carbons (Fsp3) is 0.200. The molecule has 1 aromatic heterocycles. The molecule has 144 valence electrons. The maximum absolute atomic E-state index is 12.4. The summed E-state index contributed by atoms with van der Waals surface area (Å²) in [4.78, 5) is 24.7. The minimum atomic E-state index is -0.722. The van der Waals surface area contributed by atoms with Gasteiger partial charge in [0.1, 0.15) is 16.8 Å². The van der Waals surface area contributed by atoms with E-state index in [9.17, 15) is 9.59 Å². The van der Waals surface area contributed by atoms with E-state index in [1.165, 1.54) is 11.3 Å². The average Bonchev–Trinajstić information content (AvgIpc) is 3.16. The predicted octanol–water partition coefficient (Wildman–Crippen LogP) is 3.28. The Morgan fingerprint density at radius 2 is 1.79 bits per heavy atom. The van der Waals surface area contributed by atoms with Gasteiger partial charge in [-0.05, 0) is 49.7 Å². The molecule has 28 heavy (non-hydrogen) atoms. The molecule has 0 aliphatic rings. The van der Waals surface area contributed by atoms with Crippen molar-refractivity contribution in [2.75, 3.05) is 12.4 Å². The quantitative estimate of drug-likeness (QED) is 0.667. The molecule has 0 saturated heterocycles. The highest BCUT2D eigenvalue weighted by molar-refractivity contribution is 7.18. The van der Waals surface area contributed by atoms with Gasteiger partial charge in [0.15, 0.2) is 0 Å². The highest BCUT2D eigenvalue weighted by Gasteiger charge is 2.19. The zero-order valence-electron chi connectivity index (χ0n) is 15.7. The van der Waals surface area contributed by atoms with Crippen LogP contribution in [0.5, 0.6) is 5.75 Å². The Balaban J connectivity index is 1.62. The number of nitrogens with one attached hydrogen (secondary N) is 2. The maximum Gasteiger partial charge on any atom is 0.252 e. The van der Waals surface area contributed by atoms with Gasteiger partial charge in [0, 0.05) is 11.1 Å². The summed E-state index contributed by atoms with van der Waals surface area (Å²) in [6, 6.07) is 13.9. The van der Waals surface area contributed by atoms with Crippen molar-refractivity contribution in [1.82, 2.24) is 15.5 Å². The zero-order valence-corrected chi connectivity index (χ0v) is 16.5. The molecule has 2 amide bonds. The fourth-order valence-corrected chi connectivity index (χ4v) is 3.26. The van der Waals surface area contributed by atoms with E-state index in [0.717, 1.165) is 16.9 Å². The second kappa shape index (κ2) is 8.62. The van der Waals surface area contributed by atoms with Crippen LogP contribution in [-0.2, 0) is 4.79 Å². The van der Waals surface area contributed by atoms with Crippen molar-refractivity contribution in [2.45, 2.75) is 19.9 Å². The normalized spacial score (nSPS) is 11.5. The number of benzene rings is 2. The molecule has 0 saturated carbocycles. The number of methoxy groups -OCH3 is 1. The van der Waals surface area contributed by atoms with Crippen LogP contribution in [0.1, 0.15) is 22.8 Å². The van der Waals surface area contributed by atoms with E-state index in [-0.39, 0.29) is 11.8 Å². The lowest BCUT2D eigenvalue weighted by molar-refractivity contribution is -0.117. The maximum atomic E-state index is 12.4. The topological polar surface area (TPSA) is 93.2 Å². The van der Waals surface area contributed by atoms with Crippen molar-refractivity contribution in [3.8, 4) is 16.3 Å². The van der Waals surface area contributed by atoms with Crippen LogP contribution in [0.4, 0.5) is 5.13 Å². The van der Waals surface area contributed by atoms with Crippen LogP contribution in [0, 0.1) is 6.92 Å². The van der Waals surface area contributed by atoms with Crippen molar-refractivity contribution in [2.24, 2.45) is 0 Å². The number of hydrogen-bond donors (Lipinski definition) is 2. The van der Waals surface area contributed by atoms with Crippen LogP contribution < -0.4 is 15.4 Å². The SMILES string of the molecule is COc1ccc(-c2nnc(NC(=O)C(C)NC(=O)c3ccccc3C)s2)cc1. The molecule has 0 radical (unpaired) electrons. The van der Waals surface area contributed by atoms with Gasteiger partial charge in [0.25, 0.3) is 5.91 Å². The standard InChI is InChI=1S/C20H20N4O3S/c1-12-6-4-5-7-16(12)18(26)21-13(2)17(25)22-20-24-23-19(28-20)14-8-10-15(27-3)11-9-14/h4-11,13H,1-3H3,(H,21,26)(H,22,24,25). The monoisotopic (exact) mass is 396 g/mol. The lowest BCUT2D eigenvalue weighted by Crippen LogP contribution is -2.41. The molecule has 0 aliphatic carbocycles. The molecule has 0 bridgehead atoms. The number of rotatable bonds is 6. The van der Waals surface area contributed by atoms with E-state index in [4.69, 9.17) is 4.74 Å². The van der Waals surface area contributed by atoms with Gasteiger partial charge in [-0.2, -0.15) is 0 Å². The highest BCUT2D eigenvalue weighted by atomic mass is 32.1. The first-order chi connectivity index (χ1) is 13.5. The number of anilines is 1. The minimum absolute atomic E-state index is 0.295. The number of amides is 2. The molecule has 7 nitrogen and oxygen atoms in total. The van der Waals surface area contributed by atoms with Gasteiger partial charge >= 0.3 is 0 Å². The Kier molecular flexibility index (Phi) is 6.00. The first-order valence-corrected chi connectivity index (χ1v) is 9.45. The molecular formula is C20H20N4O3S. The molecular weight excluding hydrogens is 376 g/mol. The lowest BCUT2D eigenvalue weighted by atomic mass is 10.1. The second-order valence-electron chi connectivity index (χ2n) is 6.14. The minimum Gasteiger partial charge on any atom is -0.497 e. The molecule has 2 aromatic carbocycles. The van der Waals surface area contributed by atoms with Crippen molar-refractivity contribution in [3.63, 3.8) is 0 Å². The second-order valence-corrected chi connectivity index (χ2v) is 7.12. The number of hydrogen-bond acceptors (Lipinski definition) is 6. The first-order valence-electron chi connectivity index (χ1n) is 8.63. The summed E-state index contributed by atoms with van der Waals surface area (Å²) < 4.78 is 5.14. The summed E-state index contributed by atoms with van der Waals surface area (Å²) in [6.07, 6.45) is 0. The van der Waals surface area contributed by atoms with Gasteiger partial charge in [-0.3, -0.25) is 14.9 Å². The van der Waals surface area contributed by atoms with E-state index >= 15 is 0 Å². The molecule has 3 rings (SSSR count). The van der Waals surface area contributed by atoms with Gasteiger partial charge in [-0.15, -0.1) is 10.2 Å². The summed E-state index contributed by atoms with van der Waals surface area (Å²) in [5.74, 6) is 0.0938. The van der Waals surface area contributed by atoms with Crippen LogP contribution >= 0.6 is 11.3 Å². The molecule has 8 heteroatoms. The average molecular weight is 396 g/mol. The van der Waals surface area contributed by atoms with Crippen LogP contribution in [0.2, 0.25) is 0 Å². The molecule has 1 unspecified atom stereocenters. The Labute approximate surface area is 166 Å². The largest absolute Gasteiger partial charge is 0.497 e. The van der Waals surface area contributed by atoms with E-state index in [2.05, 4.69) is 20.8 Å². The van der Waals surface area contributed by atoms with E-state index in [0.29, 0.717) is 15.7 Å². The van der Waals surface area contributed by atoms with Crippen LogP contribution in [0.25, 0.3) is 10.6 Å². The highest BCUT2D eigenvalue weighted by Crippen LogP contribution is 2.27. The number of nitrogens with zero attached hydrogens (tertiary/aromatic N) is 2. The Morgan fingerprint density at radius 1 is 1.07 bits per heavy atom. The molecule has 3 aromatic rings. The van der Waals surface area contributed by atoms with E-state index < -0.39 is 6.04 Å². The van der Waals surface area contributed by atoms with Crippen molar-refractivity contribution in [1.29, 1.82) is 0 Å². The third-order valence-electron chi connectivity index (χ3n) is 4.12. The molecule has 0 fully saturated rings. The van der Waals surface area contributed by atoms with Gasteiger partial charge in [0.05, 0.1) is 7.11 Å². The summed E-state index contributed by atoms with van der Waals surface area (Å²) in [6.45, 7) is 3.47. The van der Waals surface area contributed by atoms with Crippen LogP contribution in [-0.4, -0.2) is 35.2 Å². The summed E-state index contributed by atoms with van der Waals surface area (Å²) in [7, 11) is 1.60. The molecule has 1 heterocycles. The zero-order chi connectivity index (χ0) is 20.1. The number of aryl methyl sites for hydroxylation is 1. The van der Waals surface area contributed by atoms with E-state index in [1.54, 1.807) is 26.2 Å². The Hall–Kier alpha value is -3.26.